The standard InChI is InChI=1S/C14H12O5S/c1-17-14(16)12-6-4-10(19-12)9-18-13(15)7-5-11-3-2-8-20-11/h2-8H,9H2,1H3. The highest BCUT2D eigenvalue weighted by molar-refractivity contribution is 7.10. The van der Waals surface area contributed by atoms with Gasteiger partial charge in [-0.3, -0.25) is 0 Å². The number of hydrogen-bond donors (Lipinski definition) is 0. The van der Waals surface area contributed by atoms with E-state index in [0.29, 0.717) is 5.76 Å². The second-order valence-electron chi connectivity index (χ2n) is 3.71. The summed E-state index contributed by atoms with van der Waals surface area (Å²) in [5.74, 6) is -0.592. The fourth-order valence-electron chi connectivity index (χ4n) is 1.39. The predicted octanol–water partition coefficient (Wildman–Crippen LogP) is 2.88. The fourth-order valence-corrected chi connectivity index (χ4v) is 2.01. The second-order valence-corrected chi connectivity index (χ2v) is 4.69. The van der Waals surface area contributed by atoms with Crippen molar-refractivity contribution in [2.45, 2.75) is 6.61 Å². The van der Waals surface area contributed by atoms with Crippen molar-refractivity contribution in [2.75, 3.05) is 7.11 Å². The summed E-state index contributed by atoms with van der Waals surface area (Å²) in [4.78, 5) is 23.6. The third-order valence-electron chi connectivity index (χ3n) is 2.33. The van der Waals surface area contributed by atoms with Crippen LogP contribution in [0.1, 0.15) is 21.2 Å². The fraction of sp³-hybridized carbons (Fsp3) is 0.143. The maximum Gasteiger partial charge on any atom is 0.373 e. The third-order valence-corrected chi connectivity index (χ3v) is 3.17. The molecule has 0 spiro atoms. The van der Waals surface area contributed by atoms with Crippen LogP contribution in [0.2, 0.25) is 0 Å². The van der Waals surface area contributed by atoms with Gasteiger partial charge in [0.1, 0.15) is 12.4 Å². The molecule has 20 heavy (non-hydrogen) atoms. The smallest absolute Gasteiger partial charge is 0.373 e. The molecule has 0 saturated carbocycles. The number of hydrogen-bond acceptors (Lipinski definition) is 6. The Morgan fingerprint density at radius 2 is 2.20 bits per heavy atom. The van der Waals surface area contributed by atoms with Gasteiger partial charge in [-0.1, -0.05) is 6.07 Å². The topological polar surface area (TPSA) is 65.7 Å². The van der Waals surface area contributed by atoms with Crippen molar-refractivity contribution in [1.29, 1.82) is 0 Å². The van der Waals surface area contributed by atoms with Crippen molar-refractivity contribution in [2.24, 2.45) is 0 Å². The molecule has 0 unspecified atom stereocenters. The third kappa shape index (κ3) is 3.83. The summed E-state index contributed by atoms with van der Waals surface area (Å²) in [6.07, 6.45) is 3.02. The van der Waals surface area contributed by atoms with E-state index in [1.807, 2.05) is 17.5 Å². The first-order valence-corrected chi connectivity index (χ1v) is 6.62. The zero-order valence-corrected chi connectivity index (χ0v) is 11.5. The number of thiophene rings is 1. The van der Waals surface area contributed by atoms with Crippen molar-refractivity contribution in [1.82, 2.24) is 0 Å². The van der Waals surface area contributed by atoms with Gasteiger partial charge in [-0.15, -0.1) is 11.3 Å². The van der Waals surface area contributed by atoms with E-state index in [9.17, 15) is 9.59 Å². The molecule has 0 amide bonds. The molecule has 0 aliphatic heterocycles. The first-order valence-electron chi connectivity index (χ1n) is 5.74. The summed E-state index contributed by atoms with van der Waals surface area (Å²) < 4.78 is 14.7. The Bertz CT molecular complexity index is 609. The van der Waals surface area contributed by atoms with Crippen LogP contribution in [0.4, 0.5) is 0 Å². The van der Waals surface area contributed by atoms with E-state index in [4.69, 9.17) is 9.15 Å². The van der Waals surface area contributed by atoms with Crippen LogP contribution in [0.3, 0.4) is 0 Å². The maximum atomic E-state index is 11.5. The van der Waals surface area contributed by atoms with Crippen molar-refractivity contribution in [3.63, 3.8) is 0 Å². The molecule has 2 aromatic heterocycles. The first-order chi connectivity index (χ1) is 9.69. The molecule has 0 aromatic carbocycles. The molecule has 2 rings (SSSR count). The summed E-state index contributed by atoms with van der Waals surface area (Å²) >= 11 is 1.52. The summed E-state index contributed by atoms with van der Waals surface area (Å²) in [6, 6.07) is 6.81. The van der Waals surface area contributed by atoms with Gasteiger partial charge in [0.25, 0.3) is 0 Å². The molecule has 0 N–H and O–H groups in total. The molecule has 0 atom stereocenters. The number of methoxy groups -OCH3 is 1. The zero-order valence-electron chi connectivity index (χ0n) is 10.7. The molecule has 6 heteroatoms. The van der Waals surface area contributed by atoms with Gasteiger partial charge in [-0.25, -0.2) is 9.59 Å². The highest BCUT2D eigenvalue weighted by Gasteiger charge is 2.11. The predicted molar refractivity (Wildman–Crippen MR) is 73.2 cm³/mol. The molecule has 2 heterocycles. The quantitative estimate of drug-likeness (QED) is 0.626. The summed E-state index contributed by atoms with van der Waals surface area (Å²) in [6.45, 7) is -0.0371. The molecule has 0 saturated heterocycles. The van der Waals surface area contributed by atoms with E-state index < -0.39 is 11.9 Å². The van der Waals surface area contributed by atoms with Crippen molar-refractivity contribution in [3.8, 4) is 0 Å². The van der Waals surface area contributed by atoms with Crippen LogP contribution >= 0.6 is 11.3 Å². The first kappa shape index (κ1) is 14.1. The van der Waals surface area contributed by atoms with Crippen LogP contribution in [0.5, 0.6) is 0 Å². The van der Waals surface area contributed by atoms with E-state index in [1.54, 1.807) is 12.1 Å². The van der Waals surface area contributed by atoms with Crippen molar-refractivity contribution in [3.05, 3.63) is 52.1 Å². The monoisotopic (exact) mass is 292 g/mol. The van der Waals surface area contributed by atoms with Gasteiger partial charge < -0.3 is 13.9 Å². The molecule has 2 aromatic rings. The molecule has 0 radical (unpaired) electrons. The average Bonchev–Trinajstić information content (AvgIpc) is 3.13. The molecular weight excluding hydrogens is 280 g/mol. The minimum Gasteiger partial charge on any atom is -0.463 e. The average molecular weight is 292 g/mol. The Balaban J connectivity index is 1.84. The van der Waals surface area contributed by atoms with Crippen molar-refractivity contribution >= 4 is 29.4 Å². The lowest BCUT2D eigenvalue weighted by Crippen LogP contribution is -2.00. The van der Waals surface area contributed by atoms with Gasteiger partial charge in [0.2, 0.25) is 5.76 Å². The number of rotatable bonds is 5. The van der Waals surface area contributed by atoms with Crippen molar-refractivity contribution < 1.29 is 23.5 Å². The summed E-state index contributed by atoms with van der Waals surface area (Å²) in [5, 5.41) is 1.92. The van der Waals surface area contributed by atoms with Gasteiger partial charge in [-0.05, 0) is 29.7 Å². The second kappa shape index (κ2) is 6.72. The summed E-state index contributed by atoms with van der Waals surface area (Å²) in [5.41, 5.74) is 0. The van der Waals surface area contributed by atoms with Gasteiger partial charge in [-0.2, -0.15) is 0 Å². The van der Waals surface area contributed by atoms with Gasteiger partial charge >= 0.3 is 11.9 Å². The Hall–Kier alpha value is -2.34. The van der Waals surface area contributed by atoms with Crippen LogP contribution in [-0.2, 0) is 20.9 Å². The minimum absolute atomic E-state index is 0.0371. The van der Waals surface area contributed by atoms with Crippen LogP contribution < -0.4 is 0 Å². The SMILES string of the molecule is COC(=O)c1ccc(COC(=O)C=Cc2cccs2)o1. The molecule has 0 aliphatic rings. The molecule has 0 fully saturated rings. The number of furan rings is 1. The van der Waals surface area contributed by atoms with Crippen LogP contribution in [0.25, 0.3) is 6.08 Å². The van der Waals surface area contributed by atoms with E-state index in [1.165, 1.54) is 30.6 Å². The normalized spacial score (nSPS) is 10.7. The molecule has 104 valence electrons. The van der Waals surface area contributed by atoms with Crippen LogP contribution in [0.15, 0.2) is 40.1 Å². The molecule has 0 bridgehead atoms. The Kier molecular flexibility index (Phi) is 4.73. The van der Waals surface area contributed by atoms with Crippen LogP contribution in [0, 0.1) is 0 Å². The number of esters is 2. The zero-order chi connectivity index (χ0) is 14.4. The highest BCUT2D eigenvalue weighted by Crippen LogP contribution is 2.12. The lowest BCUT2D eigenvalue weighted by Gasteiger charge is -1.98. The Labute approximate surface area is 119 Å². The maximum absolute atomic E-state index is 11.5. The lowest BCUT2D eigenvalue weighted by atomic mass is 10.4. The molecular formula is C14H12O5S. The highest BCUT2D eigenvalue weighted by atomic mass is 32.1. The molecule has 5 nitrogen and oxygen atoms in total. The number of ether oxygens (including phenoxy) is 2. The number of carbonyl (C=O) groups excluding carboxylic acids is 2. The largest absolute Gasteiger partial charge is 0.463 e. The van der Waals surface area contributed by atoms with Gasteiger partial charge in [0, 0.05) is 11.0 Å². The Morgan fingerprint density at radius 3 is 2.90 bits per heavy atom. The lowest BCUT2D eigenvalue weighted by molar-refractivity contribution is -0.139. The minimum atomic E-state index is -0.569. The Morgan fingerprint density at radius 1 is 1.35 bits per heavy atom. The summed E-state index contributed by atoms with van der Waals surface area (Å²) in [7, 11) is 1.26. The van der Waals surface area contributed by atoms with E-state index >= 15 is 0 Å². The van der Waals surface area contributed by atoms with E-state index in [-0.39, 0.29) is 12.4 Å². The van der Waals surface area contributed by atoms with E-state index in [2.05, 4.69) is 4.74 Å². The van der Waals surface area contributed by atoms with Gasteiger partial charge in [0.05, 0.1) is 7.11 Å². The van der Waals surface area contributed by atoms with E-state index in [0.717, 1.165) is 4.88 Å². The molecule has 0 aliphatic carbocycles. The number of carbonyl (C=O) groups is 2. The van der Waals surface area contributed by atoms with Crippen LogP contribution in [-0.4, -0.2) is 19.0 Å². The van der Waals surface area contributed by atoms with Gasteiger partial charge in [0.15, 0.2) is 0 Å².